The Balaban J connectivity index is 0.000000980. The standard InChI is InChI=1S/C9H11N3O.H2/c1-6(2)12-8-7(11-9(12)13)4-3-5-10-8;/h3-6H,1-2H3,(H,11,13);1H. The fourth-order valence-corrected chi connectivity index (χ4v) is 1.44. The Bertz CT molecular complexity index is 486. The minimum absolute atomic E-state index is 0. The normalized spacial score (nSPS) is 11.3. The number of aromatic nitrogens is 3. The van der Waals surface area contributed by atoms with E-state index in [0.29, 0.717) is 0 Å². The molecule has 0 amide bonds. The van der Waals surface area contributed by atoms with Crippen LogP contribution in [0.5, 0.6) is 0 Å². The van der Waals surface area contributed by atoms with Crippen LogP contribution in [0.1, 0.15) is 21.3 Å². The zero-order valence-corrected chi connectivity index (χ0v) is 7.61. The number of aromatic amines is 1. The highest BCUT2D eigenvalue weighted by Crippen LogP contribution is 2.10. The molecule has 0 aromatic carbocycles. The molecule has 2 rings (SSSR count). The van der Waals surface area contributed by atoms with Crippen LogP contribution in [0.2, 0.25) is 0 Å². The van der Waals surface area contributed by atoms with Crippen molar-refractivity contribution in [1.29, 1.82) is 0 Å². The second-order valence-electron chi connectivity index (χ2n) is 3.27. The third-order valence-electron chi connectivity index (χ3n) is 1.99. The van der Waals surface area contributed by atoms with Crippen LogP contribution in [0.4, 0.5) is 0 Å². The van der Waals surface area contributed by atoms with Crippen molar-refractivity contribution < 1.29 is 1.43 Å². The van der Waals surface area contributed by atoms with Gasteiger partial charge in [0.05, 0.1) is 5.52 Å². The molecule has 0 saturated carbocycles. The molecule has 70 valence electrons. The van der Waals surface area contributed by atoms with E-state index in [1.165, 1.54) is 0 Å². The lowest BCUT2D eigenvalue weighted by atomic mass is 10.4. The molecule has 4 nitrogen and oxygen atoms in total. The van der Waals surface area contributed by atoms with Gasteiger partial charge in [0.2, 0.25) is 0 Å². The second-order valence-corrected chi connectivity index (χ2v) is 3.27. The molecule has 0 bridgehead atoms. The van der Waals surface area contributed by atoms with Crippen molar-refractivity contribution in [3.05, 3.63) is 28.8 Å². The SMILES string of the molecule is CC(C)n1c(=O)[nH]c2cccnc21.[HH]. The molecule has 0 fully saturated rings. The van der Waals surface area contributed by atoms with Crippen LogP contribution in [0, 0.1) is 0 Å². The number of nitrogens with zero attached hydrogens (tertiary/aromatic N) is 2. The van der Waals surface area contributed by atoms with Gasteiger partial charge in [-0.2, -0.15) is 0 Å². The zero-order chi connectivity index (χ0) is 9.42. The monoisotopic (exact) mass is 179 g/mol. The maximum absolute atomic E-state index is 11.4. The van der Waals surface area contributed by atoms with Crippen LogP contribution in [0.25, 0.3) is 11.2 Å². The molecule has 2 heterocycles. The highest BCUT2D eigenvalue weighted by Gasteiger charge is 2.08. The van der Waals surface area contributed by atoms with Crippen LogP contribution in [-0.2, 0) is 0 Å². The first-order chi connectivity index (χ1) is 6.20. The molecule has 2 aromatic rings. The number of imidazole rings is 1. The van der Waals surface area contributed by atoms with E-state index in [1.807, 2.05) is 26.0 Å². The maximum atomic E-state index is 11.4. The van der Waals surface area contributed by atoms with Crippen molar-refractivity contribution in [3.8, 4) is 0 Å². The topological polar surface area (TPSA) is 50.7 Å². The Morgan fingerprint density at radius 3 is 3.08 bits per heavy atom. The van der Waals surface area contributed by atoms with Crippen LogP contribution in [0.15, 0.2) is 23.1 Å². The molecule has 0 saturated heterocycles. The third kappa shape index (κ3) is 1.14. The highest BCUT2D eigenvalue weighted by molar-refractivity contribution is 5.70. The van der Waals surface area contributed by atoms with Gasteiger partial charge < -0.3 is 4.98 Å². The number of fused-ring (bicyclic) bond motifs is 1. The quantitative estimate of drug-likeness (QED) is 0.722. The van der Waals surface area contributed by atoms with Gasteiger partial charge >= 0.3 is 5.69 Å². The second kappa shape index (κ2) is 2.73. The van der Waals surface area contributed by atoms with E-state index in [4.69, 9.17) is 0 Å². The molecule has 13 heavy (non-hydrogen) atoms. The van der Waals surface area contributed by atoms with Gasteiger partial charge in [-0.15, -0.1) is 0 Å². The Morgan fingerprint density at radius 1 is 1.62 bits per heavy atom. The summed E-state index contributed by atoms with van der Waals surface area (Å²) in [5, 5.41) is 0. The molecule has 0 aliphatic carbocycles. The smallest absolute Gasteiger partial charge is 0.304 e. The van der Waals surface area contributed by atoms with E-state index >= 15 is 0 Å². The predicted molar refractivity (Wildman–Crippen MR) is 52.9 cm³/mol. The molecule has 0 atom stereocenters. The van der Waals surface area contributed by atoms with E-state index < -0.39 is 0 Å². The fourth-order valence-electron chi connectivity index (χ4n) is 1.44. The largest absolute Gasteiger partial charge is 0.327 e. The van der Waals surface area contributed by atoms with Gasteiger partial charge in [0, 0.05) is 13.7 Å². The number of hydrogen-bond donors (Lipinski definition) is 1. The van der Waals surface area contributed by atoms with Crippen LogP contribution in [-0.4, -0.2) is 14.5 Å². The molecular weight excluding hydrogens is 166 g/mol. The summed E-state index contributed by atoms with van der Waals surface area (Å²) in [6.45, 7) is 3.92. The van der Waals surface area contributed by atoms with Crippen LogP contribution >= 0.6 is 0 Å². The molecule has 0 radical (unpaired) electrons. The summed E-state index contributed by atoms with van der Waals surface area (Å²) in [7, 11) is 0. The lowest BCUT2D eigenvalue weighted by molar-refractivity contribution is 0.593. The summed E-state index contributed by atoms with van der Waals surface area (Å²) in [4.78, 5) is 18.4. The van der Waals surface area contributed by atoms with Crippen molar-refractivity contribution in [2.75, 3.05) is 0 Å². The van der Waals surface area contributed by atoms with Gasteiger partial charge in [-0.25, -0.2) is 9.78 Å². The average Bonchev–Trinajstić information content (AvgIpc) is 2.39. The van der Waals surface area contributed by atoms with Crippen molar-refractivity contribution in [2.24, 2.45) is 0 Å². The number of hydrogen-bond acceptors (Lipinski definition) is 2. The summed E-state index contributed by atoms with van der Waals surface area (Å²) < 4.78 is 1.65. The summed E-state index contributed by atoms with van der Waals surface area (Å²) in [5.41, 5.74) is 1.42. The summed E-state index contributed by atoms with van der Waals surface area (Å²) >= 11 is 0. The number of H-pyrrole nitrogens is 1. The van der Waals surface area contributed by atoms with E-state index in [0.717, 1.165) is 11.2 Å². The van der Waals surface area contributed by atoms with E-state index in [-0.39, 0.29) is 13.2 Å². The first-order valence-corrected chi connectivity index (χ1v) is 4.25. The Kier molecular flexibility index (Phi) is 1.69. The summed E-state index contributed by atoms with van der Waals surface area (Å²) in [5.74, 6) is 0. The van der Waals surface area contributed by atoms with E-state index in [9.17, 15) is 4.79 Å². The molecule has 0 spiro atoms. The zero-order valence-electron chi connectivity index (χ0n) is 7.61. The summed E-state index contributed by atoms with van der Waals surface area (Å²) in [6.07, 6.45) is 1.69. The van der Waals surface area contributed by atoms with Crippen molar-refractivity contribution >= 4 is 11.2 Å². The van der Waals surface area contributed by atoms with Gasteiger partial charge in [0.15, 0.2) is 5.65 Å². The minimum atomic E-state index is -0.0938. The van der Waals surface area contributed by atoms with E-state index in [2.05, 4.69) is 9.97 Å². The van der Waals surface area contributed by atoms with E-state index in [1.54, 1.807) is 10.8 Å². The number of rotatable bonds is 1. The maximum Gasteiger partial charge on any atom is 0.327 e. The lowest BCUT2D eigenvalue weighted by Gasteiger charge is -2.04. The molecule has 1 N–H and O–H groups in total. The van der Waals surface area contributed by atoms with Gasteiger partial charge in [-0.1, -0.05) is 0 Å². The molecular formula is C9H13N3O. The lowest BCUT2D eigenvalue weighted by Crippen LogP contribution is -2.18. The van der Waals surface area contributed by atoms with Crippen molar-refractivity contribution in [2.45, 2.75) is 19.9 Å². The van der Waals surface area contributed by atoms with Crippen molar-refractivity contribution in [3.63, 3.8) is 0 Å². The first kappa shape index (κ1) is 8.04. The molecule has 4 heteroatoms. The highest BCUT2D eigenvalue weighted by atomic mass is 16.1. The number of pyridine rings is 1. The summed E-state index contributed by atoms with van der Waals surface area (Å²) in [6, 6.07) is 3.79. The predicted octanol–water partition coefficient (Wildman–Crippen LogP) is 1.55. The van der Waals surface area contributed by atoms with Gasteiger partial charge in [-0.05, 0) is 26.0 Å². The Morgan fingerprint density at radius 2 is 2.38 bits per heavy atom. The van der Waals surface area contributed by atoms with Crippen LogP contribution < -0.4 is 5.69 Å². The Hall–Kier alpha value is -1.58. The molecule has 2 aromatic heterocycles. The molecule has 0 aliphatic heterocycles. The minimum Gasteiger partial charge on any atom is -0.304 e. The fraction of sp³-hybridized carbons (Fsp3) is 0.333. The van der Waals surface area contributed by atoms with Crippen molar-refractivity contribution in [1.82, 2.24) is 14.5 Å². The first-order valence-electron chi connectivity index (χ1n) is 4.25. The van der Waals surface area contributed by atoms with Gasteiger partial charge in [0.1, 0.15) is 0 Å². The average molecular weight is 179 g/mol. The van der Waals surface area contributed by atoms with Crippen LogP contribution in [0.3, 0.4) is 0 Å². The number of nitrogens with one attached hydrogen (secondary N) is 1. The molecule has 0 unspecified atom stereocenters. The van der Waals surface area contributed by atoms with Gasteiger partial charge in [-0.3, -0.25) is 4.57 Å². The molecule has 0 aliphatic rings. The van der Waals surface area contributed by atoms with Gasteiger partial charge in [0.25, 0.3) is 0 Å². The Labute approximate surface area is 76.7 Å². The third-order valence-corrected chi connectivity index (χ3v) is 1.99.